The first kappa shape index (κ1) is 13.0. The van der Waals surface area contributed by atoms with Gasteiger partial charge in [-0.25, -0.2) is 0 Å². The monoisotopic (exact) mass is 289 g/mol. The Morgan fingerprint density at radius 2 is 1.74 bits per heavy atom. The van der Waals surface area contributed by atoms with Crippen LogP contribution in [0.15, 0.2) is 58.3 Å². The van der Waals surface area contributed by atoms with Crippen LogP contribution in [0.5, 0.6) is 0 Å². The summed E-state index contributed by atoms with van der Waals surface area (Å²) >= 11 is 7.67. The van der Waals surface area contributed by atoms with Crippen molar-refractivity contribution in [1.82, 2.24) is 0 Å². The Labute approximate surface area is 123 Å². The summed E-state index contributed by atoms with van der Waals surface area (Å²) in [7, 11) is 0. The van der Waals surface area contributed by atoms with E-state index in [4.69, 9.17) is 17.3 Å². The second kappa shape index (κ2) is 5.58. The summed E-state index contributed by atoms with van der Waals surface area (Å²) in [4.78, 5) is 2.45. The van der Waals surface area contributed by atoms with Crippen molar-refractivity contribution < 1.29 is 0 Å². The van der Waals surface area contributed by atoms with E-state index in [9.17, 15) is 0 Å². The van der Waals surface area contributed by atoms with Gasteiger partial charge in [0.2, 0.25) is 0 Å². The third-order valence-electron chi connectivity index (χ3n) is 3.45. The third-order valence-corrected chi connectivity index (χ3v) is 4.80. The minimum Gasteiger partial charge on any atom is -0.324 e. The predicted octanol–water partition coefficient (Wildman–Crippen LogP) is 4.90. The Balaban J connectivity index is 1.85. The highest BCUT2D eigenvalue weighted by Gasteiger charge is 2.30. The van der Waals surface area contributed by atoms with Crippen LogP contribution in [0, 0.1) is 5.92 Å². The summed E-state index contributed by atoms with van der Waals surface area (Å²) in [6.07, 6.45) is 2.53. The van der Waals surface area contributed by atoms with Crippen LogP contribution in [0.1, 0.15) is 24.4 Å². The molecule has 98 valence electrons. The summed E-state index contributed by atoms with van der Waals surface area (Å²) < 4.78 is 0. The van der Waals surface area contributed by atoms with Crippen molar-refractivity contribution in [2.24, 2.45) is 11.7 Å². The minimum absolute atomic E-state index is 0.177. The van der Waals surface area contributed by atoms with Crippen LogP contribution >= 0.6 is 23.4 Å². The van der Waals surface area contributed by atoms with Gasteiger partial charge in [-0.2, -0.15) is 0 Å². The number of nitrogens with two attached hydrogens (primary N) is 1. The van der Waals surface area contributed by atoms with E-state index in [0.717, 1.165) is 5.02 Å². The van der Waals surface area contributed by atoms with E-state index in [2.05, 4.69) is 24.3 Å². The zero-order valence-corrected chi connectivity index (χ0v) is 12.1. The maximum atomic E-state index is 6.34. The molecule has 0 unspecified atom stereocenters. The van der Waals surface area contributed by atoms with Crippen molar-refractivity contribution >= 4 is 23.4 Å². The zero-order chi connectivity index (χ0) is 13.2. The molecule has 1 aliphatic carbocycles. The molecule has 3 heteroatoms. The number of halogens is 1. The van der Waals surface area contributed by atoms with Crippen LogP contribution in [0.3, 0.4) is 0 Å². The van der Waals surface area contributed by atoms with Gasteiger partial charge in [0.15, 0.2) is 0 Å². The second-order valence-electron chi connectivity index (χ2n) is 4.96. The lowest BCUT2D eigenvalue weighted by atomic mass is 10.0. The summed E-state index contributed by atoms with van der Waals surface area (Å²) in [6, 6.07) is 16.6. The van der Waals surface area contributed by atoms with Gasteiger partial charge >= 0.3 is 0 Å². The first-order valence-electron chi connectivity index (χ1n) is 6.52. The van der Waals surface area contributed by atoms with Crippen LogP contribution in [0.25, 0.3) is 0 Å². The Kier molecular flexibility index (Phi) is 3.83. The lowest BCUT2D eigenvalue weighted by Gasteiger charge is -2.15. The number of hydrogen-bond donors (Lipinski definition) is 1. The molecule has 2 aromatic rings. The predicted molar refractivity (Wildman–Crippen MR) is 81.7 cm³/mol. The second-order valence-corrected chi connectivity index (χ2v) is 6.51. The molecule has 1 saturated carbocycles. The van der Waals surface area contributed by atoms with Gasteiger partial charge in [0.05, 0.1) is 0 Å². The lowest BCUT2D eigenvalue weighted by molar-refractivity contribution is 0.623. The van der Waals surface area contributed by atoms with Crippen molar-refractivity contribution in [3.05, 3.63) is 59.1 Å². The van der Waals surface area contributed by atoms with E-state index in [1.54, 1.807) is 11.8 Å². The molecule has 0 bridgehead atoms. The third kappa shape index (κ3) is 3.14. The van der Waals surface area contributed by atoms with Crippen LogP contribution in [0.4, 0.5) is 0 Å². The van der Waals surface area contributed by atoms with Crippen molar-refractivity contribution in [3.63, 3.8) is 0 Å². The maximum Gasteiger partial charge on any atom is 0.0406 e. The van der Waals surface area contributed by atoms with E-state index in [1.807, 2.05) is 24.3 Å². The van der Waals surface area contributed by atoms with Crippen LogP contribution in [0.2, 0.25) is 5.02 Å². The Morgan fingerprint density at radius 3 is 2.42 bits per heavy atom. The normalized spacial score (nSPS) is 16.3. The molecule has 1 nitrogen and oxygen atoms in total. The number of benzene rings is 2. The number of rotatable bonds is 4. The van der Waals surface area contributed by atoms with E-state index in [0.29, 0.717) is 5.92 Å². The first-order valence-corrected chi connectivity index (χ1v) is 7.71. The fourth-order valence-corrected chi connectivity index (χ4v) is 3.31. The van der Waals surface area contributed by atoms with Crippen LogP contribution < -0.4 is 5.73 Å². The molecule has 0 amide bonds. The van der Waals surface area contributed by atoms with Crippen LogP contribution in [-0.2, 0) is 0 Å². The molecule has 0 aliphatic heterocycles. The smallest absolute Gasteiger partial charge is 0.0406 e. The Morgan fingerprint density at radius 1 is 1.05 bits per heavy atom. The van der Waals surface area contributed by atoms with Gasteiger partial charge in [-0.05, 0) is 54.7 Å². The fourth-order valence-electron chi connectivity index (χ4n) is 2.19. The minimum atomic E-state index is 0.177. The van der Waals surface area contributed by atoms with Crippen LogP contribution in [-0.4, -0.2) is 0 Å². The highest BCUT2D eigenvalue weighted by Crippen LogP contribution is 2.43. The quantitative estimate of drug-likeness (QED) is 0.866. The van der Waals surface area contributed by atoms with Gasteiger partial charge in [0.1, 0.15) is 0 Å². The Bertz CT molecular complexity index is 563. The molecule has 0 saturated heterocycles. The van der Waals surface area contributed by atoms with Crippen molar-refractivity contribution in [1.29, 1.82) is 0 Å². The largest absolute Gasteiger partial charge is 0.324 e. The summed E-state index contributed by atoms with van der Waals surface area (Å²) in [6.45, 7) is 0. The molecule has 1 fully saturated rings. The molecule has 0 radical (unpaired) electrons. The molecule has 19 heavy (non-hydrogen) atoms. The summed E-state index contributed by atoms with van der Waals surface area (Å²) in [5.74, 6) is 0.673. The van der Waals surface area contributed by atoms with E-state index in [1.165, 1.54) is 28.2 Å². The van der Waals surface area contributed by atoms with Crippen molar-refractivity contribution in [2.45, 2.75) is 28.7 Å². The Hall–Kier alpha value is -0.960. The molecule has 2 N–H and O–H groups in total. The zero-order valence-electron chi connectivity index (χ0n) is 10.6. The van der Waals surface area contributed by atoms with Gasteiger partial charge in [0.25, 0.3) is 0 Å². The summed E-state index contributed by atoms with van der Waals surface area (Å²) in [5, 5.41) is 0.771. The summed E-state index contributed by atoms with van der Waals surface area (Å²) in [5.41, 5.74) is 7.61. The lowest BCUT2D eigenvalue weighted by Crippen LogP contribution is -2.13. The maximum absolute atomic E-state index is 6.34. The highest BCUT2D eigenvalue weighted by atomic mass is 35.5. The molecular formula is C16H16ClNS. The van der Waals surface area contributed by atoms with Gasteiger partial charge in [-0.15, -0.1) is 0 Å². The SMILES string of the molecule is N[C@H](c1ccccc1Sc1ccc(Cl)cc1)C1CC1. The molecular weight excluding hydrogens is 274 g/mol. The molecule has 0 spiro atoms. The molecule has 3 rings (SSSR count). The first-order chi connectivity index (χ1) is 9.24. The van der Waals surface area contributed by atoms with E-state index >= 15 is 0 Å². The van der Waals surface area contributed by atoms with Gasteiger partial charge < -0.3 is 5.73 Å². The van der Waals surface area contributed by atoms with Crippen molar-refractivity contribution in [2.75, 3.05) is 0 Å². The highest BCUT2D eigenvalue weighted by molar-refractivity contribution is 7.99. The average Bonchev–Trinajstić information content (AvgIpc) is 3.26. The number of hydrogen-bond acceptors (Lipinski definition) is 2. The van der Waals surface area contributed by atoms with Gasteiger partial charge in [-0.3, -0.25) is 0 Å². The molecule has 0 heterocycles. The van der Waals surface area contributed by atoms with E-state index in [-0.39, 0.29) is 6.04 Å². The van der Waals surface area contributed by atoms with Gasteiger partial charge in [-0.1, -0.05) is 41.6 Å². The molecule has 2 aromatic carbocycles. The van der Waals surface area contributed by atoms with Gasteiger partial charge in [0, 0.05) is 20.9 Å². The standard InChI is InChI=1S/C16H16ClNS/c17-12-7-9-13(10-8-12)19-15-4-2-1-3-14(15)16(18)11-5-6-11/h1-4,7-11,16H,5-6,18H2/t16-/m0/s1. The van der Waals surface area contributed by atoms with Crippen molar-refractivity contribution in [3.8, 4) is 0 Å². The fraction of sp³-hybridized carbons (Fsp3) is 0.250. The molecule has 1 aliphatic rings. The molecule has 0 aromatic heterocycles. The molecule has 1 atom stereocenters. The topological polar surface area (TPSA) is 26.0 Å². The average molecular weight is 290 g/mol. The van der Waals surface area contributed by atoms with E-state index < -0.39 is 0 Å².